The molecule has 0 aliphatic carbocycles. The topological polar surface area (TPSA) is 87.8 Å². The third kappa shape index (κ3) is 1.68. The molecule has 8 heteroatoms. The van der Waals surface area contributed by atoms with Gasteiger partial charge in [-0.05, 0) is 5.21 Å². The summed E-state index contributed by atoms with van der Waals surface area (Å²) < 4.78 is 9.94. The van der Waals surface area contributed by atoms with Crippen molar-refractivity contribution < 1.29 is 9.47 Å². The Labute approximate surface area is 84.9 Å². The lowest BCUT2D eigenvalue weighted by atomic mass is 10.6. The molecular weight excluding hydrogens is 200 g/mol. The molecular formula is C7H8N6O2. The van der Waals surface area contributed by atoms with Gasteiger partial charge in [-0.1, -0.05) is 0 Å². The highest BCUT2D eigenvalue weighted by Gasteiger charge is 2.11. The maximum atomic E-state index is 5.03. The van der Waals surface area contributed by atoms with Crippen molar-refractivity contribution >= 4 is 0 Å². The van der Waals surface area contributed by atoms with Gasteiger partial charge in [0.1, 0.15) is 0 Å². The van der Waals surface area contributed by atoms with E-state index in [0.29, 0.717) is 11.7 Å². The second-order valence-electron chi connectivity index (χ2n) is 2.47. The summed E-state index contributed by atoms with van der Waals surface area (Å²) in [6.07, 6.45) is 2.74. The lowest BCUT2D eigenvalue weighted by Crippen LogP contribution is -2.06. The van der Waals surface area contributed by atoms with Gasteiger partial charge in [-0.15, -0.1) is 15.0 Å². The summed E-state index contributed by atoms with van der Waals surface area (Å²) in [6.45, 7) is 0. The van der Waals surface area contributed by atoms with E-state index in [1.54, 1.807) is 0 Å². The van der Waals surface area contributed by atoms with Crippen LogP contribution < -0.4 is 9.47 Å². The average Bonchev–Trinajstić information content (AvgIpc) is 2.81. The first-order valence-corrected chi connectivity index (χ1v) is 4.03. The van der Waals surface area contributed by atoms with Gasteiger partial charge in [0.25, 0.3) is 5.88 Å². The highest BCUT2D eigenvalue weighted by Crippen LogP contribution is 2.18. The van der Waals surface area contributed by atoms with Crippen molar-refractivity contribution in [2.45, 2.75) is 0 Å². The number of hydrogen-bond donors (Lipinski definition) is 0. The van der Waals surface area contributed by atoms with Gasteiger partial charge >= 0.3 is 0 Å². The molecule has 0 bridgehead atoms. The molecule has 0 aromatic carbocycles. The van der Waals surface area contributed by atoms with Crippen molar-refractivity contribution in [2.24, 2.45) is 0 Å². The number of methoxy groups -OCH3 is 2. The molecule has 0 aliphatic heterocycles. The van der Waals surface area contributed by atoms with Crippen molar-refractivity contribution in [1.29, 1.82) is 0 Å². The van der Waals surface area contributed by atoms with E-state index in [9.17, 15) is 0 Å². The average molecular weight is 208 g/mol. The third-order valence-electron chi connectivity index (χ3n) is 1.64. The van der Waals surface area contributed by atoms with Crippen LogP contribution in [0.25, 0.3) is 5.82 Å². The standard InChI is InChI=1S/C7H8N6O2/c1-14-5-3-8-6(7(11-5)15-2)13-10-4-9-12-13/h3-4H,1-2H3. The Morgan fingerprint density at radius 1 is 1.27 bits per heavy atom. The maximum absolute atomic E-state index is 5.03. The smallest absolute Gasteiger partial charge is 0.264 e. The molecule has 8 nitrogen and oxygen atoms in total. The lowest BCUT2D eigenvalue weighted by molar-refractivity contribution is 0.357. The van der Waals surface area contributed by atoms with Gasteiger partial charge in [-0.25, -0.2) is 4.98 Å². The predicted octanol–water partition coefficient (Wildman–Crippen LogP) is -0.531. The zero-order chi connectivity index (χ0) is 10.7. The van der Waals surface area contributed by atoms with E-state index >= 15 is 0 Å². The number of tetrazole rings is 1. The number of rotatable bonds is 3. The van der Waals surface area contributed by atoms with Gasteiger partial charge in [0.05, 0.1) is 20.4 Å². The third-order valence-corrected chi connectivity index (χ3v) is 1.64. The van der Waals surface area contributed by atoms with Crippen LogP contribution in [0, 0.1) is 0 Å². The first-order chi connectivity index (χ1) is 7.35. The highest BCUT2D eigenvalue weighted by molar-refractivity contribution is 5.33. The Hall–Kier alpha value is -2.25. The summed E-state index contributed by atoms with van der Waals surface area (Å²) in [4.78, 5) is 9.29. The molecule has 2 aromatic heterocycles. The Bertz CT molecular complexity index is 443. The van der Waals surface area contributed by atoms with Crippen molar-refractivity contribution in [3.63, 3.8) is 0 Å². The minimum absolute atomic E-state index is 0.271. The van der Waals surface area contributed by atoms with Gasteiger partial charge in [0.15, 0.2) is 6.33 Å². The molecule has 0 spiro atoms. The first kappa shape index (κ1) is 9.31. The van der Waals surface area contributed by atoms with E-state index in [1.807, 2.05) is 0 Å². The van der Waals surface area contributed by atoms with E-state index in [2.05, 4.69) is 25.4 Å². The van der Waals surface area contributed by atoms with Crippen molar-refractivity contribution in [2.75, 3.05) is 14.2 Å². The lowest BCUT2D eigenvalue weighted by Gasteiger charge is -2.05. The molecule has 0 saturated heterocycles. The van der Waals surface area contributed by atoms with Gasteiger partial charge in [-0.2, -0.15) is 4.98 Å². The van der Waals surface area contributed by atoms with Crippen LogP contribution in [0.5, 0.6) is 11.8 Å². The fourth-order valence-corrected chi connectivity index (χ4v) is 0.987. The van der Waals surface area contributed by atoms with E-state index in [0.717, 1.165) is 0 Å². The fourth-order valence-electron chi connectivity index (χ4n) is 0.987. The number of ether oxygens (including phenoxy) is 2. The maximum Gasteiger partial charge on any atom is 0.264 e. The van der Waals surface area contributed by atoms with Crippen LogP contribution >= 0.6 is 0 Å². The van der Waals surface area contributed by atoms with Gasteiger partial charge in [0.2, 0.25) is 11.7 Å². The monoisotopic (exact) mass is 208 g/mol. The normalized spacial score (nSPS) is 10.0. The minimum Gasteiger partial charge on any atom is -0.480 e. The second kappa shape index (κ2) is 3.86. The molecule has 0 fully saturated rings. The molecule has 0 amide bonds. The van der Waals surface area contributed by atoms with Crippen LogP contribution in [-0.4, -0.2) is 44.4 Å². The fraction of sp³-hybridized carbons (Fsp3) is 0.286. The molecule has 2 rings (SSSR count). The molecule has 0 aliphatic rings. The van der Waals surface area contributed by atoms with E-state index in [-0.39, 0.29) is 5.88 Å². The quantitative estimate of drug-likeness (QED) is 0.669. The highest BCUT2D eigenvalue weighted by atomic mass is 16.5. The summed E-state index contributed by atoms with van der Waals surface area (Å²) in [7, 11) is 2.97. The molecule has 0 unspecified atom stereocenters. The van der Waals surface area contributed by atoms with Crippen molar-refractivity contribution in [3.05, 3.63) is 12.5 Å². The molecule has 2 aromatic rings. The molecule has 15 heavy (non-hydrogen) atoms. The molecule has 0 radical (unpaired) electrons. The summed E-state index contributed by atoms with van der Waals surface area (Å²) >= 11 is 0. The molecule has 0 saturated carbocycles. The SMILES string of the molecule is COc1cnc(-n2ncnn2)c(OC)n1. The van der Waals surface area contributed by atoms with Gasteiger partial charge in [-0.3, -0.25) is 0 Å². The van der Waals surface area contributed by atoms with Crippen LogP contribution in [0.4, 0.5) is 0 Å². The zero-order valence-electron chi connectivity index (χ0n) is 8.15. The molecule has 78 valence electrons. The van der Waals surface area contributed by atoms with E-state index in [1.165, 1.54) is 31.5 Å². The number of hydrogen-bond acceptors (Lipinski definition) is 7. The summed E-state index contributed by atoms with van der Waals surface area (Å²) in [5.74, 6) is 0.985. The Morgan fingerprint density at radius 2 is 2.13 bits per heavy atom. The summed E-state index contributed by atoms with van der Waals surface area (Å²) in [6, 6.07) is 0. The number of aromatic nitrogens is 6. The second-order valence-corrected chi connectivity index (χ2v) is 2.47. The van der Waals surface area contributed by atoms with Crippen LogP contribution in [0.1, 0.15) is 0 Å². The number of nitrogens with zero attached hydrogens (tertiary/aromatic N) is 6. The Kier molecular flexibility index (Phi) is 2.40. The predicted molar refractivity (Wildman–Crippen MR) is 47.8 cm³/mol. The van der Waals surface area contributed by atoms with Crippen LogP contribution in [0.3, 0.4) is 0 Å². The first-order valence-electron chi connectivity index (χ1n) is 4.03. The van der Waals surface area contributed by atoms with Gasteiger partial charge < -0.3 is 9.47 Å². The van der Waals surface area contributed by atoms with Crippen molar-refractivity contribution in [3.8, 4) is 17.6 Å². The minimum atomic E-state index is 0.271. The van der Waals surface area contributed by atoms with E-state index in [4.69, 9.17) is 9.47 Å². The van der Waals surface area contributed by atoms with Crippen LogP contribution in [-0.2, 0) is 0 Å². The molecule has 0 N–H and O–H groups in total. The van der Waals surface area contributed by atoms with E-state index < -0.39 is 0 Å². The van der Waals surface area contributed by atoms with Crippen LogP contribution in [0.2, 0.25) is 0 Å². The molecule has 0 atom stereocenters. The van der Waals surface area contributed by atoms with Crippen LogP contribution in [0.15, 0.2) is 12.5 Å². The molecule has 2 heterocycles. The summed E-state index contributed by atoms with van der Waals surface area (Å²) in [5, 5.41) is 11.1. The van der Waals surface area contributed by atoms with Crippen molar-refractivity contribution in [1.82, 2.24) is 30.2 Å². The largest absolute Gasteiger partial charge is 0.480 e. The van der Waals surface area contributed by atoms with Gasteiger partial charge in [0, 0.05) is 0 Å². The Balaban J connectivity index is 2.48. The summed E-state index contributed by atoms with van der Waals surface area (Å²) in [5.41, 5.74) is 0. The zero-order valence-corrected chi connectivity index (χ0v) is 8.15. The Morgan fingerprint density at radius 3 is 2.73 bits per heavy atom.